The van der Waals surface area contributed by atoms with Crippen molar-refractivity contribution in [2.75, 3.05) is 19.3 Å². The van der Waals surface area contributed by atoms with E-state index >= 15 is 0 Å². The highest BCUT2D eigenvalue weighted by molar-refractivity contribution is 7.98. The lowest BCUT2D eigenvalue weighted by atomic mass is 9.99. The van der Waals surface area contributed by atoms with Crippen molar-refractivity contribution in [3.05, 3.63) is 33.9 Å². The van der Waals surface area contributed by atoms with Gasteiger partial charge in [-0.1, -0.05) is 6.92 Å². The van der Waals surface area contributed by atoms with Crippen molar-refractivity contribution in [3.8, 4) is 0 Å². The largest absolute Gasteiger partial charge is 0.338 e. The van der Waals surface area contributed by atoms with Crippen molar-refractivity contribution in [1.29, 1.82) is 0 Å². The number of likely N-dealkylation sites (tertiary alicyclic amines) is 1. The van der Waals surface area contributed by atoms with Gasteiger partial charge < -0.3 is 4.90 Å². The summed E-state index contributed by atoms with van der Waals surface area (Å²) < 4.78 is 0. The van der Waals surface area contributed by atoms with Gasteiger partial charge in [-0.2, -0.15) is 0 Å². The molecular weight excluding hydrogens is 276 g/mol. The molecule has 0 unspecified atom stereocenters. The molecule has 6 heteroatoms. The van der Waals surface area contributed by atoms with E-state index < -0.39 is 4.92 Å². The zero-order valence-corrected chi connectivity index (χ0v) is 12.5. The number of amides is 1. The fourth-order valence-electron chi connectivity index (χ4n) is 2.52. The van der Waals surface area contributed by atoms with Gasteiger partial charge in [-0.15, -0.1) is 11.8 Å². The number of nitro groups is 1. The van der Waals surface area contributed by atoms with Crippen molar-refractivity contribution >= 4 is 23.4 Å². The van der Waals surface area contributed by atoms with Crippen molar-refractivity contribution < 1.29 is 9.72 Å². The summed E-state index contributed by atoms with van der Waals surface area (Å²) in [5, 5.41) is 11.1. The number of carbonyl (C=O) groups excluding carboxylic acids is 1. The van der Waals surface area contributed by atoms with Crippen LogP contribution in [-0.2, 0) is 0 Å². The third-order valence-electron chi connectivity index (χ3n) is 3.58. The first-order chi connectivity index (χ1) is 9.52. The number of rotatable bonds is 3. The Morgan fingerprint density at radius 2 is 2.25 bits per heavy atom. The molecule has 0 bridgehead atoms. The molecule has 1 heterocycles. The van der Waals surface area contributed by atoms with Gasteiger partial charge in [-0.25, -0.2) is 0 Å². The number of carbonyl (C=O) groups is 1. The predicted molar refractivity (Wildman–Crippen MR) is 79.2 cm³/mol. The Hall–Kier alpha value is -1.56. The molecule has 20 heavy (non-hydrogen) atoms. The first-order valence-electron chi connectivity index (χ1n) is 6.64. The predicted octanol–water partition coefficient (Wildman–Crippen LogP) is 3.19. The van der Waals surface area contributed by atoms with E-state index in [4.69, 9.17) is 0 Å². The zero-order valence-electron chi connectivity index (χ0n) is 11.7. The van der Waals surface area contributed by atoms with Gasteiger partial charge >= 0.3 is 0 Å². The van der Waals surface area contributed by atoms with Crippen LogP contribution in [0.5, 0.6) is 0 Å². The monoisotopic (exact) mass is 294 g/mol. The van der Waals surface area contributed by atoms with Gasteiger partial charge in [0.2, 0.25) is 0 Å². The summed E-state index contributed by atoms with van der Waals surface area (Å²) in [6.07, 6.45) is 3.96. The van der Waals surface area contributed by atoms with E-state index in [1.54, 1.807) is 17.0 Å². The molecule has 0 spiro atoms. The molecule has 1 saturated heterocycles. The molecule has 0 N–H and O–H groups in total. The van der Waals surface area contributed by atoms with Crippen molar-refractivity contribution in [1.82, 2.24) is 4.90 Å². The molecule has 5 nitrogen and oxygen atoms in total. The number of benzene rings is 1. The molecule has 0 radical (unpaired) electrons. The van der Waals surface area contributed by atoms with Crippen molar-refractivity contribution in [2.24, 2.45) is 5.92 Å². The highest BCUT2D eigenvalue weighted by Crippen LogP contribution is 2.27. The molecule has 1 aromatic rings. The van der Waals surface area contributed by atoms with E-state index in [1.807, 2.05) is 6.26 Å². The lowest BCUT2D eigenvalue weighted by Crippen LogP contribution is -2.39. The van der Waals surface area contributed by atoms with E-state index in [2.05, 4.69) is 6.92 Å². The summed E-state index contributed by atoms with van der Waals surface area (Å²) in [7, 11) is 0. The Labute approximate surface area is 122 Å². The quantitative estimate of drug-likeness (QED) is 0.488. The van der Waals surface area contributed by atoms with Crippen LogP contribution < -0.4 is 0 Å². The Balaban J connectivity index is 2.34. The van der Waals surface area contributed by atoms with Gasteiger partial charge in [0.1, 0.15) is 5.56 Å². The maximum absolute atomic E-state index is 12.6. The minimum atomic E-state index is -0.481. The molecule has 2 rings (SSSR count). The van der Waals surface area contributed by atoms with E-state index in [0.29, 0.717) is 19.0 Å². The minimum absolute atomic E-state index is 0.106. The van der Waals surface area contributed by atoms with Crippen molar-refractivity contribution in [3.63, 3.8) is 0 Å². The molecule has 1 amide bonds. The van der Waals surface area contributed by atoms with E-state index in [1.165, 1.54) is 17.8 Å². The van der Waals surface area contributed by atoms with Crippen LogP contribution in [0, 0.1) is 16.0 Å². The Bertz CT molecular complexity index is 533. The fourth-order valence-corrected chi connectivity index (χ4v) is 2.96. The summed E-state index contributed by atoms with van der Waals surface area (Å²) in [6.45, 7) is 3.47. The normalized spacial score (nSPS) is 18.9. The molecule has 0 aliphatic carbocycles. The van der Waals surface area contributed by atoms with Crippen molar-refractivity contribution in [2.45, 2.75) is 24.7 Å². The highest BCUT2D eigenvalue weighted by atomic mass is 32.2. The number of nitro benzene ring substituents is 1. The average Bonchev–Trinajstić information content (AvgIpc) is 2.45. The SMILES string of the molecule is CSc1ccc([N+](=O)[O-])c(C(=O)N2CCC[C@@H](C)C2)c1. The number of nitrogens with zero attached hydrogens (tertiary/aromatic N) is 2. The van der Waals surface area contributed by atoms with Crippen LogP contribution in [-0.4, -0.2) is 35.1 Å². The van der Waals surface area contributed by atoms with E-state index in [0.717, 1.165) is 17.7 Å². The van der Waals surface area contributed by atoms with Gasteiger partial charge in [-0.05, 0) is 37.1 Å². The maximum Gasteiger partial charge on any atom is 0.282 e. The summed E-state index contributed by atoms with van der Waals surface area (Å²) in [5.41, 5.74) is 0.0991. The van der Waals surface area contributed by atoms with Gasteiger partial charge in [0.25, 0.3) is 11.6 Å². The number of thioether (sulfide) groups is 1. The third kappa shape index (κ3) is 3.12. The second kappa shape index (κ2) is 6.26. The first-order valence-corrected chi connectivity index (χ1v) is 7.87. The van der Waals surface area contributed by atoms with E-state index in [-0.39, 0.29) is 17.2 Å². The topological polar surface area (TPSA) is 63.5 Å². The lowest BCUT2D eigenvalue weighted by Gasteiger charge is -2.30. The lowest BCUT2D eigenvalue weighted by molar-refractivity contribution is -0.385. The molecule has 0 saturated carbocycles. The van der Waals surface area contributed by atoms with Crippen LogP contribution in [0.3, 0.4) is 0 Å². The fraction of sp³-hybridized carbons (Fsp3) is 0.500. The first kappa shape index (κ1) is 14.8. The van der Waals surface area contributed by atoms with Gasteiger partial charge in [0, 0.05) is 24.1 Å². The molecule has 108 valence electrons. The number of hydrogen-bond donors (Lipinski definition) is 0. The maximum atomic E-state index is 12.6. The molecule has 1 aliphatic rings. The number of hydrogen-bond acceptors (Lipinski definition) is 4. The average molecular weight is 294 g/mol. The number of piperidine rings is 1. The van der Waals surface area contributed by atoms with Crippen LogP contribution in [0.2, 0.25) is 0 Å². The Morgan fingerprint density at radius 3 is 2.85 bits per heavy atom. The minimum Gasteiger partial charge on any atom is -0.338 e. The van der Waals surface area contributed by atoms with Crippen LogP contribution in [0.4, 0.5) is 5.69 Å². The second-order valence-corrected chi connectivity index (χ2v) is 6.02. The highest BCUT2D eigenvalue weighted by Gasteiger charge is 2.27. The van der Waals surface area contributed by atoms with Gasteiger partial charge in [0.05, 0.1) is 4.92 Å². The van der Waals surface area contributed by atoms with Crippen LogP contribution in [0.25, 0.3) is 0 Å². The standard InChI is InChI=1S/C14H18N2O3S/c1-10-4-3-7-15(9-10)14(17)12-8-11(20-2)5-6-13(12)16(18)19/h5-6,8,10H,3-4,7,9H2,1-2H3/t10-/m1/s1. The molecule has 1 aliphatic heterocycles. The van der Waals surface area contributed by atoms with Crippen LogP contribution >= 0.6 is 11.8 Å². The third-order valence-corrected chi connectivity index (χ3v) is 4.30. The molecule has 1 fully saturated rings. The van der Waals surface area contributed by atoms with Crippen LogP contribution in [0.1, 0.15) is 30.1 Å². The zero-order chi connectivity index (χ0) is 14.7. The summed E-state index contributed by atoms with van der Waals surface area (Å²) in [6, 6.07) is 4.73. The Morgan fingerprint density at radius 1 is 1.50 bits per heavy atom. The Kier molecular flexibility index (Phi) is 4.65. The molecule has 1 atom stereocenters. The smallest absolute Gasteiger partial charge is 0.282 e. The van der Waals surface area contributed by atoms with E-state index in [9.17, 15) is 14.9 Å². The van der Waals surface area contributed by atoms with Crippen LogP contribution in [0.15, 0.2) is 23.1 Å². The molecule has 0 aromatic heterocycles. The second-order valence-electron chi connectivity index (χ2n) is 5.14. The molecule has 1 aromatic carbocycles. The van der Waals surface area contributed by atoms with Gasteiger partial charge in [-0.3, -0.25) is 14.9 Å². The summed E-state index contributed by atoms with van der Waals surface area (Å²) in [4.78, 5) is 25.8. The van der Waals surface area contributed by atoms with Gasteiger partial charge in [0.15, 0.2) is 0 Å². The summed E-state index contributed by atoms with van der Waals surface area (Å²) >= 11 is 1.47. The summed E-state index contributed by atoms with van der Waals surface area (Å²) in [5.74, 6) is 0.231. The molecular formula is C14H18N2O3S.